The Balaban J connectivity index is 2.00. The molecule has 3 heterocycles. The zero-order valence-electron chi connectivity index (χ0n) is 16.5. The zero-order valence-corrected chi connectivity index (χ0v) is 18.9. The molecule has 4 rings (SSSR count). The average molecular weight is 486 g/mol. The van der Waals surface area contributed by atoms with Crippen molar-refractivity contribution in [3.8, 4) is 17.2 Å². The number of benzene rings is 1. The summed E-state index contributed by atoms with van der Waals surface area (Å²) >= 11 is 7.27. The predicted octanol–water partition coefficient (Wildman–Crippen LogP) is 3.37. The van der Waals surface area contributed by atoms with Gasteiger partial charge >= 0.3 is 0 Å². The van der Waals surface area contributed by atoms with Gasteiger partial charge in [0.1, 0.15) is 26.2 Å². The first-order chi connectivity index (χ1) is 14.6. The second-order valence-electron chi connectivity index (χ2n) is 6.50. The maximum atomic E-state index is 13.7. The van der Waals surface area contributed by atoms with Crippen LogP contribution in [0.4, 0.5) is 11.6 Å². The molecule has 1 aliphatic heterocycles. The fourth-order valence-electron chi connectivity index (χ4n) is 3.15. The molecule has 3 aromatic rings. The lowest BCUT2D eigenvalue weighted by molar-refractivity contribution is 0.0994. The molecule has 0 saturated carbocycles. The number of hydrogen-bond acceptors (Lipinski definition) is 9. The fraction of sp³-hybridized carbons (Fsp3) is 0.222. The van der Waals surface area contributed by atoms with Gasteiger partial charge in [-0.05, 0) is 36.9 Å². The highest BCUT2D eigenvalue weighted by Gasteiger charge is 2.37. The fourth-order valence-corrected chi connectivity index (χ4v) is 5.20. The number of sulfonamides is 1. The minimum atomic E-state index is -4.17. The van der Waals surface area contributed by atoms with Crippen LogP contribution in [-0.4, -0.2) is 33.4 Å². The molecule has 1 amide bonds. The van der Waals surface area contributed by atoms with Gasteiger partial charge in [-0.15, -0.1) is 11.3 Å². The van der Waals surface area contributed by atoms with Crippen molar-refractivity contribution >= 4 is 50.4 Å². The van der Waals surface area contributed by atoms with Gasteiger partial charge in [-0.2, -0.15) is 0 Å². The zero-order chi connectivity index (χ0) is 22.5. The van der Waals surface area contributed by atoms with Crippen molar-refractivity contribution in [1.29, 1.82) is 0 Å². The summed E-state index contributed by atoms with van der Waals surface area (Å²) in [6.45, 7) is 3.29. The molecule has 0 aliphatic carbocycles. The molecule has 2 N–H and O–H groups in total. The molecule has 0 atom stereocenters. The Hall–Kier alpha value is -2.80. The van der Waals surface area contributed by atoms with Crippen molar-refractivity contribution < 1.29 is 31.9 Å². The molecule has 31 heavy (non-hydrogen) atoms. The van der Waals surface area contributed by atoms with E-state index in [2.05, 4.69) is 5.16 Å². The first-order valence-electron chi connectivity index (χ1n) is 8.68. The van der Waals surface area contributed by atoms with Crippen LogP contribution in [0.15, 0.2) is 26.9 Å². The van der Waals surface area contributed by atoms with E-state index in [-0.39, 0.29) is 44.7 Å². The summed E-state index contributed by atoms with van der Waals surface area (Å²) in [6, 6.07) is 2.91. The maximum Gasteiger partial charge on any atom is 0.276 e. The number of methoxy groups -OCH3 is 1. The molecular formula is C18H16ClN3O7S2. The Labute approximate surface area is 186 Å². The first-order valence-corrected chi connectivity index (χ1v) is 11.5. The molecule has 0 unspecified atom stereocenters. The molecule has 0 radical (unpaired) electrons. The number of amides is 1. The van der Waals surface area contributed by atoms with Gasteiger partial charge in [0.15, 0.2) is 11.5 Å². The van der Waals surface area contributed by atoms with E-state index in [1.165, 1.54) is 18.6 Å². The van der Waals surface area contributed by atoms with Crippen molar-refractivity contribution in [2.45, 2.75) is 18.7 Å². The number of ether oxygens (including phenoxy) is 3. The van der Waals surface area contributed by atoms with Gasteiger partial charge < -0.3 is 18.7 Å². The van der Waals surface area contributed by atoms with Gasteiger partial charge in [0, 0.05) is 0 Å². The number of aryl methyl sites for hydroxylation is 2. The molecule has 0 saturated heterocycles. The summed E-state index contributed by atoms with van der Waals surface area (Å²) < 4.78 is 45.9. The average Bonchev–Trinajstić information content (AvgIpc) is 3.44. The van der Waals surface area contributed by atoms with E-state index in [0.717, 1.165) is 16.2 Å². The number of anilines is 2. The number of nitrogens with two attached hydrogens (primary N) is 1. The summed E-state index contributed by atoms with van der Waals surface area (Å²) in [5, 5.41) is 10.6. The molecule has 0 spiro atoms. The van der Waals surface area contributed by atoms with Gasteiger partial charge in [0.2, 0.25) is 22.6 Å². The van der Waals surface area contributed by atoms with E-state index in [4.69, 9.17) is 35.5 Å². The lowest BCUT2D eigenvalue weighted by Gasteiger charge is -2.24. The lowest BCUT2D eigenvalue weighted by atomic mass is 10.1. The van der Waals surface area contributed by atoms with Gasteiger partial charge in [-0.25, -0.2) is 18.5 Å². The van der Waals surface area contributed by atoms with Gasteiger partial charge in [0.05, 0.1) is 7.11 Å². The van der Waals surface area contributed by atoms with Gasteiger partial charge in [-0.3, -0.25) is 4.79 Å². The molecule has 2 aromatic heterocycles. The standard InChI is InChI=1S/C18H16ClN3O7S2/c1-8-6-10-14(28-7-27-10)15(26-3)13(8)22(18-12(19)9(2)21-29-18)17(23)16-11(4-5-30-16)31(20,24)25/h4-6H,7H2,1-3H3,(H2,20,24,25). The number of carbonyl (C=O) groups is 1. The van der Waals surface area contributed by atoms with Crippen molar-refractivity contribution in [3.63, 3.8) is 0 Å². The van der Waals surface area contributed by atoms with E-state index < -0.39 is 15.9 Å². The van der Waals surface area contributed by atoms with Crippen molar-refractivity contribution in [1.82, 2.24) is 5.16 Å². The Kier molecular flexibility index (Phi) is 5.33. The minimum Gasteiger partial charge on any atom is -0.491 e. The van der Waals surface area contributed by atoms with Crippen LogP contribution in [-0.2, 0) is 10.0 Å². The Bertz CT molecular complexity index is 1300. The molecule has 1 aromatic carbocycles. The molecule has 1 aliphatic rings. The third-order valence-electron chi connectivity index (χ3n) is 4.52. The molecule has 10 nitrogen and oxygen atoms in total. The number of thiophene rings is 1. The van der Waals surface area contributed by atoms with Crippen LogP contribution in [0, 0.1) is 13.8 Å². The number of primary sulfonamides is 1. The van der Waals surface area contributed by atoms with Crippen molar-refractivity contribution in [3.05, 3.63) is 38.7 Å². The van der Waals surface area contributed by atoms with Crippen molar-refractivity contribution in [2.24, 2.45) is 5.14 Å². The number of rotatable bonds is 5. The molecule has 164 valence electrons. The van der Waals surface area contributed by atoms with Gasteiger partial charge in [0.25, 0.3) is 11.8 Å². The van der Waals surface area contributed by atoms with E-state index in [9.17, 15) is 13.2 Å². The highest BCUT2D eigenvalue weighted by Crippen LogP contribution is 2.52. The van der Waals surface area contributed by atoms with Crippen LogP contribution in [0.5, 0.6) is 17.2 Å². The summed E-state index contributed by atoms with van der Waals surface area (Å²) in [6.07, 6.45) is 0. The monoisotopic (exact) mass is 485 g/mol. The van der Waals surface area contributed by atoms with Crippen LogP contribution in [0.3, 0.4) is 0 Å². The number of hydrogen-bond donors (Lipinski definition) is 1. The normalized spacial score (nSPS) is 12.8. The largest absolute Gasteiger partial charge is 0.491 e. The smallest absolute Gasteiger partial charge is 0.276 e. The van der Waals surface area contributed by atoms with Crippen LogP contribution >= 0.6 is 22.9 Å². The van der Waals surface area contributed by atoms with E-state index in [1.807, 2.05) is 0 Å². The number of aromatic nitrogens is 1. The number of fused-ring (bicyclic) bond motifs is 1. The van der Waals surface area contributed by atoms with Gasteiger partial charge in [-0.1, -0.05) is 16.8 Å². The summed E-state index contributed by atoms with van der Waals surface area (Å²) in [4.78, 5) is 14.3. The Morgan fingerprint density at radius 1 is 1.35 bits per heavy atom. The van der Waals surface area contributed by atoms with E-state index >= 15 is 0 Å². The van der Waals surface area contributed by atoms with Crippen LogP contribution in [0.25, 0.3) is 0 Å². The van der Waals surface area contributed by atoms with Crippen LogP contribution in [0.1, 0.15) is 20.9 Å². The van der Waals surface area contributed by atoms with Crippen LogP contribution < -0.4 is 24.2 Å². The Morgan fingerprint density at radius 2 is 2.10 bits per heavy atom. The Morgan fingerprint density at radius 3 is 2.71 bits per heavy atom. The maximum absolute atomic E-state index is 13.7. The number of halogens is 1. The van der Waals surface area contributed by atoms with Crippen LogP contribution in [0.2, 0.25) is 5.02 Å². The third kappa shape index (κ3) is 3.51. The lowest BCUT2D eigenvalue weighted by Crippen LogP contribution is -2.28. The predicted molar refractivity (Wildman–Crippen MR) is 112 cm³/mol. The molecule has 13 heteroatoms. The molecule has 0 bridgehead atoms. The quantitative estimate of drug-likeness (QED) is 0.581. The minimum absolute atomic E-state index is 0.0226. The summed E-state index contributed by atoms with van der Waals surface area (Å²) in [5.74, 6) is 0.0352. The SMILES string of the molecule is COc1c2c(cc(C)c1N(C(=O)c1sccc1S(N)(=O)=O)c1onc(C)c1Cl)OCO2. The number of nitrogens with zero attached hydrogens (tertiary/aromatic N) is 2. The topological polar surface area (TPSA) is 134 Å². The van der Waals surface area contributed by atoms with E-state index in [0.29, 0.717) is 17.0 Å². The molecule has 0 fully saturated rings. The summed E-state index contributed by atoms with van der Waals surface area (Å²) in [7, 11) is -2.77. The highest BCUT2D eigenvalue weighted by atomic mass is 35.5. The van der Waals surface area contributed by atoms with E-state index in [1.54, 1.807) is 19.9 Å². The van der Waals surface area contributed by atoms with Crippen molar-refractivity contribution in [2.75, 3.05) is 18.8 Å². The third-order valence-corrected chi connectivity index (χ3v) is 6.94. The second-order valence-corrected chi connectivity index (χ2v) is 9.32. The first kappa shape index (κ1) is 21.4. The molecular weight excluding hydrogens is 470 g/mol. The summed E-state index contributed by atoms with van der Waals surface area (Å²) in [5.41, 5.74) is 1.11. The highest BCUT2D eigenvalue weighted by molar-refractivity contribution is 7.89. The second kappa shape index (κ2) is 7.71. The number of carbonyl (C=O) groups excluding carboxylic acids is 1.